The molecule has 0 radical (unpaired) electrons. The van der Waals surface area contributed by atoms with Crippen molar-refractivity contribution < 1.29 is 22.7 Å². The summed E-state index contributed by atoms with van der Waals surface area (Å²) in [4.78, 5) is 27.8. The number of hydrogen-bond donors (Lipinski definition) is 2. The number of aromatic nitrogens is 1. The number of anilines is 1. The van der Waals surface area contributed by atoms with E-state index in [-0.39, 0.29) is 11.6 Å². The number of pyridine rings is 1. The van der Waals surface area contributed by atoms with Crippen molar-refractivity contribution in [3.63, 3.8) is 0 Å². The SMILES string of the molecule is CS(=O)(=O)Cc1cccc(C(=O)Nc2ccc(Oc3cccc(C(N)=O)c3)nc2)c1. The number of nitrogens with zero attached hydrogens (tertiary/aromatic N) is 1. The molecular weight excluding hydrogens is 406 g/mol. The maximum Gasteiger partial charge on any atom is 0.255 e. The Kier molecular flexibility index (Phi) is 6.12. The van der Waals surface area contributed by atoms with Crippen LogP contribution in [0, 0.1) is 0 Å². The molecule has 1 aromatic heterocycles. The Morgan fingerprint density at radius 2 is 1.77 bits per heavy atom. The molecule has 0 aliphatic rings. The fraction of sp³-hybridized carbons (Fsp3) is 0.0952. The summed E-state index contributed by atoms with van der Waals surface area (Å²) in [6.07, 6.45) is 2.56. The van der Waals surface area contributed by atoms with Gasteiger partial charge in [-0.25, -0.2) is 13.4 Å². The Hall–Kier alpha value is -3.72. The van der Waals surface area contributed by atoms with Gasteiger partial charge in [0.1, 0.15) is 5.75 Å². The molecule has 0 aliphatic carbocycles. The van der Waals surface area contributed by atoms with Crippen LogP contribution in [0.3, 0.4) is 0 Å². The van der Waals surface area contributed by atoms with Gasteiger partial charge in [-0.15, -0.1) is 0 Å². The fourth-order valence-electron chi connectivity index (χ4n) is 2.66. The average Bonchev–Trinajstić information content (AvgIpc) is 2.68. The number of ether oxygens (including phenoxy) is 1. The van der Waals surface area contributed by atoms with E-state index in [4.69, 9.17) is 10.5 Å². The van der Waals surface area contributed by atoms with Crippen molar-refractivity contribution in [1.82, 2.24) is 4.98 Å². The monoisotopic (exact) mass is 425 g/mol. The molecule has 154 valence electrons. The van der Waals surface area contributed by atoms with E-state index in [0.29, 0.717) is 28.1 Å². The van der Waals surface area contributed by atoms with Gasteiger partial charge in [0, 0.05) is 23.4 Å². The van der Waals surface area contributed by atoms with E-state index < -0.39 is 21.7 Å². The van der Waals surface area contributed by atoms with E-state index in [9.17, 15) is 18.0 Å². The molecule has 30 heavy (non-hydrogen) atoms. The quantitative estimate of drug-likeness (QED) is 0.599. The molecule has 0 aliphatic heterocycles. The van der Waals surface area contributed by atoms with Crippen LogP contribution in [0.4, 0.5) is 5.69 Å². The Balaban J connectivity index is 1.67. The van der Waals surface area contributed by atoms with Gasteiger partial charge in [0.25, 0.3) is 5.91 Å². The number of primary amides is 1. The number of carbonyl (C=O) groups is 2. The van der Waals surface area contributed by atoms with Gasteiger partial charge in [-0.05, 0) is 42.0 Å². The number of carbonyl (C=O) groups excluding carboxylic acids is 2. The summed E-state index contributed by atoms with van der Waals surface area (Å²) >= 11 is 0. The Morgan fingerprint density at radius 3 is 2.43 bits per heavy atom. The van der Waals surface area contributed by atoms with Crippen LogP contribution >= 0.6 is 0 Å². The maximum atomic E-state index is 12.4. The van der Waals surface area contributed by atoms with Crippen LogP contribution in [0.15, 0.2) is 66.9 Å². The van der Waals surface area contributed by atoms with Crippen LogP contribution in [-0.4, -0.2) is 31.5 Å². The van der Waals surface area contributed by atoms with Crippen LogP contribution in [-0.2, 0) is 15.6 Å². The number of nitrogens with one attached hydrogen (secondary N) is 1. The molecule has 0 fully saturated rings. The van der Waals surface area contributed by atoms with E-state index in [1.807, 2.05) is 0 Å². The molecular formula is C21H19N3O5S. The summed E-state index contributed by atoms with van der Waals surface area (Å²) in [7, 11) is -3.20. The van der Waals surface area contributed by atoms with E-state index in [1.165, 1.54) is 18.3 Å². The van der Waals surface area contributed by atoms with Gasteiger partial charge in [0.15, 0.2) is 9.84 Å². The maximum absolute atomic E-state index is 12.4. The lowest BCUT2D eigenvalue weighted by Gasteiger charge is -2.08. The highest BCUT2D eigenvalue weighted by Crippen LogP contribution is 2.22. The van der Waals surface area contributed by atoms with Crippen LogP contribution in [0.25, 0.3) is 0 Å². The molecule has 3 N–H and O–H groups in total. The second kappa shape index (κ2) is 8.75. The largest absolute Gasteiger partial charge is 0.439 e. The van der Waals surface area contributed by atoms with Crippen LogP contribution in [0.5, 0.6) is 11.6 Å². The highest BCUT2D eigenvalue weighted by molar-refractivity contribution is 7.89. The van der Waals surface area contributed by atoms with E-state index in [2.05, 4.69) is 10.3 Å². The molecule has 3 aromatic rings. The fourth-order valence-corrected chi connectivity index (χ4v) is 3.44. The van der Waals surface area contributed by atoms with E-state index in [0.717, 1.165) is 6.26 Å². The van der Waals surface area contributed by atoms with Crippen molar-refractivity contribution in [2.75, 3.05) is 11.6 Å². The van der Waals surface area contributed by atoms with Crippen molar-refractivity contribution in [3.8, 4) is 11.6 Å². The van der Waals surface area contributed by atoms with Gasteiger partial charge in [-0.1, -0.05) is 18.2 Å². The van der Waals surface area contributed by atoms with Gasteiger partial charge in [-0.3, -0.25) is 9.59 Å². The zero-order valence-electron chi connectivity index (χ0n) is 16.0. The summed E-state index contributed by atoms with van der Waals surface area (Å²) in [6.45, 7) is 0. The first-order chi connectivity index (χ1) is 14.2. The van der Waals surface area contributed by atoms with E-state index in [1.54, 1.807) is 48.5 Å². The standard InChI is InChI=1S/C21H19N3O5S/c1-30(27,28)13-14-4-2-6-16(10-14)21(26)24-17-8-9-19(23-12-17)29-18-7-3-5-15(11-18)20(22)25/h2-12H,13H2,1H3,(H2,22,25)(H,24,26). The highest BCUT2D eigenvalue weighted by atomic mass is 32.2. The number of rotatable bonds is 7. The summed E-state index contributed by atoms with van der Waals surface area (Å²) in [5.74, 6) is -0.427. The first-order valence-corrected chi connectivity index (χ1v) is 10.9. The number of amides is 2. The van der Waals surface area contributed by atoms with Crippen molar-refractivity contribution in [2.45, 2.75) is 5.75 Å². The number of nitrogens with two attached hydrogens (primary N) is 1. The Labute approximate surface area is 173 Å². The molecule has 2 amide bonds. The molecule has 9 heteroatoms. The van der Waals surface area contributed by atoms with Crippen LogP contribution in [0.2, 0.25) is 0 Å². The number of hydrogen-bond acceptors (Lipinski definition) is 6. The van der Waals surface area contributed by atoms with Crippen molar-refractivity contribution in [3.05, 3.63) is 83.6 Å². The molecule has 0 unspecified atom stereocenters. The third kappa shape index (κ3) is 5.89. The second-order valence-corrected chi connectivity index (χ2v) is 8.74. The minimum atomic E-state index is -3.20. The summed E-state index contributed by atoms with van der Waals surface area (Å²) in [6, 6.07) is 16.0. The summed E-state index contributed by atoms with van der Waals surface area (Å²) < 4.78 is 28.5. The average molecular weight is 425 g/mol. The number of sulfone groups is 1. The Bertz CT molecular complexity index is 1190. The predicted octanol–water partition coefficient (Wildman–Crippen LogP) is 2.77. The zero-order valence-corrected chi connectivity index (χ0v) is 16.8. The molecule has 3 rings (SSSR count). The van der Waals surface area contributed by atoms with Gasteiger partial charge >= 0.3 is 0 Å². The predicted molar refractivity (Wildman–Crippen MR) is 112 cm³/mol. The smallest absolute Gasteiger partial charge is 0.255 e. The number of benzene rings is 2. The minimum Gasteiger partial charge on any atom is -0.439 e. The van der Waals surface area contributed by atoms with Gasteiger partial charge < -0.3 is 15.8 Å². The molecule has 0 saturated heterocycles. The molecule has 0 bridgehead atoms. The van der Waals surface area contributed by atoms with E-state index >= 15 is 0 Å². The molecule has 1 heterocycles. The molecule has 8 nitrogen and oxygen atoms in total. The third-order valence-corrected chi connectivity index (χ3v) is 4.81. The van der Waals surface area contributed by atoms with Crippen molar-refractivity contribution in [2.24, 2.45) is 5.73 Å². The van der Waals surface area contributed by atoms with Gasteiger partial charge in [0.2, 0.25) is 11.8 Å². The first-order valence-electron chi connectivity index (χ1n) is 8.81. The molecule has 0 saturated carbocycles. The second-order valence-electron chi connectivity index (χ2n) is 6.60. The summed E-state index contributed by atoms with van der Waals surface area (Å²) in [5, 5.41) is 2.70. The van der Waals surface area contributed by atoms with Crippen LogP contribution in [0.1, 0.15) is 26.3 Å². The topological polar surface area (TPSA) is 128 Å². The molecule has 0 spiro atoms. The molecule has 0 atom stereocenters. The lowest BCUT2D eigenvalue weighted by atomic mass is 10.1. The normalized spacial score (nSPS) is 11.0. The first kappa shape index (κ1) is 21.0. The lowest BCUT2D eigenvalue weighted by molar-refractivity contribution is 0.0997. The third-order valence-electron chi connectivity index (χ3n) is 3.95. The highest BCUT2D eigenvalue weighted by Gasteiger charge is 2.10. The minimum absolute atomic E-state index is 0.140. The summed E-state index contributed by atoms with van der Waals surface area (Å²) in [5.41, 5.74) is 6.87. The van der Waals surface area contributed by atoms with Gasteiger partial charge in [-0.2, -0.15) is 0 Å². The van der Waals surface area contributed by atoms with Crippen LogP contribution < -0.4 is 15.8 Å². The van der Waals surface area contributed by atoms with Crippen molar-refractivity contribution >= 4 is 27.3 Å². The zero-order chi connectivity index (χ0) is 21.7. The van der Waals surface area contributed by atoms with Gasteiger partial charge in [0.05, 0.1) is 17.6 Å². The molecule has 2 aromatic carbocycles. The Morgan fingerprint density at radius 1 is 1.03 bits per heavy atom. The van der Waals surface area contributed by atoms with Crippen molar-refractivity contribution in [1.29, 1.82) is 0 Å². The lowest BCUT2D eigenvalue weighted by Crippen LogP contribution is -2.13.